The molecule has 0 saturated heterocycles. The van der Waals surface area contributed by atoms with Crippen molar-refractivity contribution in [3.63, 3.8) is 0 Å². The van der Waals surface area contributed by atoms with E-state index in [1.54, 1.807) is 0 Å². The average Bonchev–Trinajstić information content (AvgIpc) is 2.74. The predicted octanol–water partition coefficient (Wildman–Crippen LogP) is 4.98. The lowest BCUT2D eigenvalue weighted by molar-refractivity contribution is -0.116. The zero-order valence-corrected chi connectivity index (χ0v) is 17.2. The third-order valence-corrected chi connectivity index (χ3v) is 5.96. The Balaban J connectivity index is 1.26. The molecule has 0 atom stereocenters. The largest absolute Gasteiger partial charge is 0.326 e. The maximum atomic E-state index is 12.6. The van der Waals surface area contributed by atoms with Crippen LogP contribution in [0.15, 0.2) is 48.5 Å². The summed E-state index contributed by atoms with van der Waals surface area (Å²) in [5, 5.41) is 3.63. The first-order chi connectivity index (χ1) is 14.1. The topological polar surface area (TPSA) is 49.4 Å². The van der Waals surface area contributed by atoms with Gasteiger partial charge < -0.3 is 5.32 Å². The molecule has 0 spiro atoms. The number of fused-ring (bicyclic) bond motifs is 1. The first-order valence-corrected chi connectivity index (χ1v) is 10.6. The number of hydrogen-bond donors (Lipinski definition) is 1. The van der Waals surface area contributed by atoms with Gasteiger partial charge in [0.15, 0.2) is 5.78 Å². The standard InChI is InChI=1S/C24H25ClN2O2/c25-21-7-3-17(4-8-21)18-11-14-27(15-12-18)13-1-2-23(28)20-5-9-22-19(16-20)6-10-24(29)26-22/h3-5,7-9,11,16H,1-2,6,10,12-15H2,(H,26,29). The second-order valence-electron chi connectivity index (χ2n) is 7.73. The van der Waals surface area contributed by atoms with Crippen molar-refractivity contribution in [2.24, 2.45) is 0 Å². The molecule has 2 aromatic rings. The smallest absolute Gasteiger partial charge is 0.224 e. The van der Waals surface area contributed by atoms with E-state index in [2.05, 4.69) is 28.4 Å². The van der Waals surface area contributed by atoms with Gasteiger partial charge in [-0.2, -0.15) is 0 Å². The summed E-state index contributed by atoms with van der Waals surface area (Å²) in [6.07, 6.45) is 5.91. The molecule has 2 heterocycles. The Morgan fingerprint density at radius 3 is 2.66 bits per heavy atom. The fourth-order valence-electron chi connectivity index (χ4n) is 4.00. The number of halogens is 1. The predicted molar refractivity (Wildman–Crippen MR) is 117 cm³/mol. The number of Topliss-reactive ketones (excluding diaryl/α,β-unsaturated/α-hetero) is 1. The molecule has 0 bridgehead atoms. The molecule has 0 aliphatic carbocycles. The van der Waals surface area contributed by atoms with Crippen molar-refractivity contribution in [1.29, 1.82) is 0 Å². The highest BCUT2D eigenvalue weighted by atomic mass is 35.5. The van der Waals surface area contributed by atoms with Gasteiger partial charge >= 0.3 is 0 Å². The molecule has 0 aromatic heterocycles. The van der Waals surface area contributed by atoms with Crippen LogP contribution in [-0.2, 0) is 11.2 Å². The Bertz CT molecular complexity index is 950. The normalized spacial score (nSPS) is 16.7. The Kier molecular flexibility index (Phi) is 6.12. The lowest BCUT2D eigenvalue weighted by Gasteiger charge is -2.26. The molecular weight excluding hydrogens is 384 g/mol. The van der Waals surface area contributed by atoms with E-state index in [0.29, 0.717) is 19.3 Å². The van der Waals surface area contributed by atoms with Crippen LogP contribution in [0.2, 0.25) is 5.02 Å². The van der Waals surface area contributed by atoms with E-state index >= 15 is 0 Å². The van der Waals surface area contributed by atoms with E-state index in [1.807, 2.05) is 30.3 Å². The summed E-state index contributed by atoms with van der Waals surface area (Å²) in [6, 6.07) is 13.6. The number of nitrogens with zero attached hydrogens (tertiary/aromatic N) is 1. The molecular formula is C24H25ClN2O2. The highest BCUT2D eigenvalue weighted by Crippen LogP contribution is 2.25. The van der Waals surface area contributed by atoms with Crippen LogP contribution in [0, 0.1) is 0 Å². The van der Waals surface area contributed by atoms with E-state index in [0.717, 1.165) is 54.3 Å². The quantitative estimate of drug-likeness (QED) is 0.686. The molecule has 0 unspecified atom stereocenters. The summed E-state index contributed by atoms with van der Waals surface area (Å²) in [6.45, 7) is 2.86. The Morgan fingerprint density at radius 2 is 1.90 bits per heavy atom. The van der Waals surface area contributed by atoms with E-state index in [-0.39, 0.29) is 11.7 Å². The minimum Gasteiger partial charge on any atom is -0.326 e. The number of aryl methyl sites for hydroxylation is 1. The number of amides is 1. The van der Waals surface area contributed by atoms with Crippen LogP contribution < -0.4 is 5.32 Å². The zero-order valence-electron chi connectivity index (χ0n) is 16.4. The summed E-state index contributed by atoms with van der Waals surface area (Å²) in [5.74, 6) is 0.227. The first kappa shape index (κ1) is 19.9. The van der Waals surface area contributed by atoms with Crippen LogP contribution in [0.5, 0.6) is 0 Å². The van der Waals surface area contributed by atoms with E-state index in [1.165, 1.54) is 11.1 Å². The summed E-state index contributed by atoms with van der Waals surface area (Å²) in [7, 11) is 0. The molecule has 29 heavy (non-hydrogen) atoms. The second-order valence-corrected chi connectivity index (χ2v) is 8.17. The number of rotatable bonds is 6. The van der Waals surface area contributed by atoms with Crippen molar-refractivity contribution in [2.75, 3.05) is 25.0 Å². The van der Waals surface area contributed by atoms with Crippen LogP contribution in [-0.4, -0.2) is 36.2 Å². The lowest BCUT2D eigenvalue weighted by atomic mass is 9.97. The Hall–Kier alpha value is -2.43. The monoisotopic (exact) mass is 408 g/mol. The van der Waals surface area contributed by atoms with Crippen molar-refractivity contribution < 1.29 is 9.59 Å². The molecule has 5 heteroatoms. The van der Waals surface area contributed by atoms with Crippen LogP contribution in [0.1, 0.15) is 47.2 Å². The second kappa shape index (κ2) is 8.93. The molecule has 2 aliphatic heterocycles. The maximum Gasteiger partial charge on any atom is 0.224 e. The van der Waals surface area contributed by atoms with Gasteiger partial charge in [0, 0.05) is 42.2 Å². The number of carbonyl (C=O) groups is 2. The van der Waals surface area contributed by atoms with Crippen LogP contribution in [0.3, 0.4) is 0 Å². The van der Waals surface area contributed by atoms with Gasteiger partial charge in [-0.05, 0) is 72.8 Å². The molecule has 0 radical (unpaired) electrons. The number of hydrogen-bond acceptors (Lipinski definition) is 3. The van der Waals surface area contributed by atoms with Gasteiger partial charge in [-0.3, -0.25) is 14.5 Å². The Morgan fingerprint density at radius 1 is 1.07 bits per heavy atom. The van der Waals surface area contributed by atoms with Crippen LogP contribution in [0.25, 0.3) is 5.57 Å². The lowest BCUT2D eigenvalue weighted by Crippen LogP contribution is -2.29. The van der Waals surface area contributed by atoms with E-state index in [4.69, 9.17) is 11.6 Å². The fourth-order valence-corrected chi connectivity index (χ4v) is 4.13. The number of ketones is 1. The van der Waals surface area contributed by atoms with Gasteiger partial charge in [-0.25, -0.2) is 0 Å². The number of anilines is 1. The van der Waals surface area contributed by atoms with E-state index < -0.39 is 0 Å². The number of nitrogens with one attached hydrogen (secondary N) is 1. The van der Waals surface area contributed by atoms with Gasteiger partial charge in [-0.15, -0.1) is 0 Å². The van der Waals surface area contributed by atoms with Crippen molar-refractivity contribution in [3.05, 3.63) is 70.3 Å². The van der Waals surface area contributed by atoms with Crippen LogP contribution >= 0.6 is 11.6 Å². The zero-order chi connectivity index (χ0) is 20.2. The molecule has 0 saturated carbocycles. The summed E-state index contributed by atoms with van der Waals surface area (Å²) in [5.41, 5.74) is 5.27. The maximum absolute atomic E-state index is 12.6. The molecule has 4 nitrogen and oxygen atoms in total. The molecule has 2 aliphatic rings. The summed E-state index contributed by atoms with van der Waals surface area (Å²) < 4.78 is 0. The van der Waals surface area contributed by atoms with Gasteiger partial charge in [0.25, 0.3) is 0 Å². The molecule has 4 rings (SSSR count). The third-order valence-electron chi connectivity index (χ3n) is 5.71. The first-order valence-electron chi connectivity index (χ1n) is 10.2. The van der Waals surface area contributed by atoms with Crippen LogP contribution in [0.4, 0.5) is 5.69 Å². The summed E-state index contributed by atoms with van der Waals surface area (Å²) in [4.78, 5) is 26.4. The number of benzene rings is 2. The molecule has 2 aromatic carbocycles. The molecule has 1 N–H and O–H groups in total. The third kappa shape index (κ3) is 4.95. The molecule has 1 amide bonds. The minimum atomic E-state index is 0.0476. The minimum absolute atomic E-state index is 0.0476. The van der Waals surface area contributed by atoms with Crippen molar-refractivity contribution in [1.82, 2.24) is 4.90 Å². The van der Waals surface area contributed by atoms with E-state index in [9.17, 15) is 9.59 Å². The van der Waals surface area contributed by atoms with Crippen molar-refractivity contribution >= 4 is 34.6 Å². The van der Waals surface area contributed by atoms with Gasteiger partial charge in [-0.1, -0.05) is 29.8 Å². The molecule has 150 valence electrons. The number of carbonyl (C=O) groups excluding carboxylic acids is 2. The fraction of sp³-hybridized carbons (Fsp3) is 0.333. The molecule has 0 fully saturated rings. The highest BCUT2D eigenvalue weighted by molar-refractivity contribution is 6.30. The summed E-state index contributed by atoms with van der Waals surface area (Å²) >= 11 is 5.97. The van der Waals surface area contributed by atoms with Gasteiger partial charge in [0.05, 0.1) is 0 Å². The van der Waals surface area contributed by atoms with Gasteiger partial charge in [0.1, 0.15) is 0 Å². The van der Waals surface area contributed by atoms with Gasteiger partial charge in [0.2, 0.25) is 5.91 Å². The van der Waals surface area contributed by atoms with Crippen molar-refractivity contribution in [2.45, 2.75) is 32.1 Å². The average molecular weight is 409 g/mol. The SMILES string of the molecule is O=C1CCc2cc(C(=O)CCCN3CC=C(c4ccc(Cl)cc4)CC3)ccc2N1. The Labute approximate surface area is 176 Å². The van der Waals surface area contributed by atoms with Crippen molar-refractivity contribution in [3.8, 4) is 0 Å². The highest BCUT2D eigenvalue weighted by Gasteiger charge is 2.17.